The highest BCUT2D eigenvalue weighted by molar-refractivity contribution is 5.98. The van der Waals surface area contributed by atoms with Gasteiger partial charge in [-0.3, -0.25) is 14.9 Å². The van der Waals surface area contributed by atoms with Gasteiger partial charge in [-0.2, -0.15) is 0 Å². The number of hydrogen-bond acceptors (Lipinski definition) is 4. The lowest BCUT2D eigenvalue weighted by molar-refractivity contribution is -0.145. The molecule has 0 aromatic heterocycles. The largest absolute Gasteiger partial charge is 0.461 e. The summed E-state index contributed by atoms with van der Waals surface area (Å²) < 4.78 is 5.14. The molecule has 4 rings (SSSR count). The van der Waals surface area contributed by atoms with Crippen LogP contribution in [-0.2, 0) is 26.3 Å². The molecule has 0 aliphatic heterocycles. The first-order chi connectivity index (χ1) is 18.1. The van der Waals surface area contributed by atoms with Crippen LogP contribution in [0, 0.1) is 0 Å². The van der Waals surface area contributed by atoms with Crippen LogP contribution >= 0.6 is 0 Å². The summed E-state index contributed by atoms with van der Waals surface area (Å²) in [6.07, 6.45) is 1.59. The van der Waals surface area contributed by atoms with Crippen LogP contribution < -0.4 is 5.32 Å². The van der Waals surface area contributed by atoms with Gasteiger partial charge >= 0.3 is 5.97 Å². The van der Waals surface area contributed by atoms with Crippen LogP contribution in [0.5, 0.6) is 0 Å². The first kappa shape index (κ1) is 25.8. The fourth-order valence-corrected chi connectivity index (χ4v) is 4.64. The van der Waals surface area contributed by atoms with Crippen LogP contribution in [0.1, 0.15) is 28.7 Å². The van der Waals surface area contributed by atoms with E-state index in [1.165, 1.54) is 6.08 Å². The highest BCUT2D eigenvalue weighted by Crippen LogP contribution is 2.37. The molecule has 0 saturated carbocycles. The Morgan fingerprint density at radius 2 is 1.16 bits per heavy atom. The summed E-state index contributed by atoms with van der Waals surface area (Å²) in [6.45, 7) is 3.65. The van der Waals surface area contributed by atoms with E-state index in [0.717, 1.165) is 22.3 Å². The van der Waals surface area contributed by atoms with Gasteiger partial charge in [0.05, 0.1) is 11.6 Å². The van der Waals surface area contributed by atoms with E-state index in [2.05, 4.69) is 48.3 Å². The second-order valence-corrected chi connectivity index (χ2v) is 8.85. The van der Waals surface area contributed by atoms with Crippen molar-refractivity contribution in [2.45, 2.75) is 24.4 Å². The third-order valence-electron chi connectivity index (χ3n) is 6.36. The van der Waals surface area contributed by atoms with Gasteiger partial charge in [0.1, 0.15) is 13.0 Å². The van der Waals surface area contributed by atoms with Crippen molar-refractivity contribution in [1.82, 2.24) is 5.32 Å². The van der Waals surface area contributed by atoms with Gasteiger partial charge in [0.15, 0.2) is 5.78 Å². The zero-order chi connectivity index (χ0) is 25.9. The molecular weight excluding hydrogens is 458 g/mol. The Kier molecular flexibility index (Phi) is 8.79. The molecule has 37 heavy (non-hydrogen) atoms. The molecule has 4 heteroatoms. The van der Waals surface area contributed by atoms with E-state index < -0.39 is 17.6 Å². The SMILES string of the molecule is C=CCOC(=O)CC(=O)[C@H](Cc1ccccc1)NC(c1ccccc1)(c1ccccc1)c1ccccc1. The number of Topliss-reactive ketones (excluding diaryl/α,β-unsaturated/α-hetero) is 1. The number of rotatable bonds is 12. The number of ether oxygens (including phenoxy) is 1. The van der Waals surface area contributed by atoms with Crippen LogP contribution in [-0.4, -0.2) is 24.4 Å². The Morgan fingerprint density at radius 3 is 1.59 bits per heavy atom. The second kappa shape index (κ2) is 12.6. The molecule has 0 fully saturated rings. The van der Waals surface area contributed by atoms with Gasteiger partial charge in [-0.05, 0) is 28.7 Å². The minimum atomic E-state index is -0.843. The number of hydrogen-bond donors (Lipinski definition) is 1. The predicted octanol–water partition coefficient (Wildman–Crippen LogP) is 5.87. The minimum Gasteiger partial charge on any atom is -0.461 e. The van der Waals surface area contributed by atoms with Crippen molar-refractivity contribution in [3.63, 3.8) is 0 Å². The van der Waals surface area contributed by atoms with E-state index in [4.69, 9.17) is 4.74 Å². The zero-order valence-corrected chi connectivity index (χ0v) is 20.8. The zero-order valence-electron chi connectivity index (χ0n) is 20.8. The van der Waals surface area contributed by atoms with Crippen LogP contribution in [0.4, 0.5) is 0 Å². The Balaban J connectivity index is 1.84. The van der Waals surface area contributed by atoms with Crippen LogP contribution in [0.25, 0.3) is 0 Å². The highest BCUT2D eigenvalue weighted by Gasteiger charge is 2.40. The molecule has 0 spiro atoms. The lowest BCUT2D eigenvalue weighted by Crippen LogP contribution is -2.53. The number of carbonyl (C=O) groups is 2. The van der Waals surface area contributed by atoms with Crippen molar-refractivity contribution in [2.75, 3.05) is 6.61 Å². The fraction of sp³-hybridized carbons (Fsp3) is 0.152. The van der Waals surface area contributed by atoms with Gasteiger partial charge in [0.2, 0.25) is 0 Å². The second-order valence-electron chi connectivity index (χ2n) is 8.85. The molecule has 4 nitrogen and oxygen atoms in total. The first-order valence-corrected chi connectivity index (χ1v) is 12.4. The summed E-state index contributed by atoms with van der Waals surface area (Å²) in [4.78, 5) is 26.1. The average Bonchev–Trinajstić information content (AvgIpc) is 2.96. The molecule has 0 heterocycles. The number of benzene rings is 4. The molecule has 4 aromatic rings. The summed E-state index contributed by atoms with van der Waals surface area (Å²) in [5.74, 6) is -0.792. The van der Waals surface area contributed by atoms with Gasteiger partial charge < -0.3 is 4.74 Å². The van der Waals surface area contributed by atoms with Crippen molar-refractivity contribution < 1.29 is 14.3 Å². The molecule has 0 saturated heterocycles. The topological polar surface area (TPSA) is 55.4 Å². The van der Waals surface area contributed by atoms with Crippen molar-refractivity contribution in [1.29, 1.82) is 0 Å². The molecule has 0 aliphatic rings. The third kappa shape index (κ3) is 6.29. The lowest BCUT2D eigenvalue weighted by Gasteiger charge is -2.40. The van der Waals surface area contributed by atoms with Crippen LogP contribution in [0.2, 0.25) is 0 Å². The highest BCUT2D eigenvalue weighted by atomic mass is 16.5. The molecule has 1 N–H and O–H groups in total. The molecule has 0 amide bonds. The van der Waals surface area contributed by atoms with Gasteiger partial charge in [0, 0.05) is 0 Å². The maximum absolute atomic E-state index is 13.7. The van der Waals surface area contributed by atoms with Crippen LogP contribution in [0.3, 0.4) is 0 Å². The Hall–Kier alpha value is -4.28. The molecule has 0 unspecified atom stereocenters. The van der Waals surface area contributed by atoms with E-state index in [9.17, 15) is 9.59 Å². The Bertz CT molecular complexity index is 1190. The van der Waals surface area contributed by atoms with Gasteiger partial charge in [-0.25, -0.2) is 0 Å². The minimum absolute atomic E-state index is 0.0743. The smallest absolute Gasteiger partial charge is 0.313 e. The Morgan fingerprint density at radius 1 is 0.730 bits per heavy atom. The molecule has 186 valence electrons. The molecule has 1 atom stereocenters. The molecule has 4 aromatic carbocycles. The van der Waals surface area contributed by atoms with Crippen LogP contribution in [0.15, 0.2) is 134 Å². The average molecular weight is 490 g/mol. The van der Waals surface area contributed by atoms with E-state index in [0.29, 0.717) is 6.42 Å². The molecular formula is C33H31NO3. The molecule has 0 aliphatic carbocycles. The van der Waals surface area contributed by atoms with E-state index in [1.807, 2.05) is 84.9 Å². The summed E-state index contributed by atoms with van der Waals surface area (Å²) in [7, 11) is 0. The van der Waals surface area contributed by atoms with Gasteiger partial charge in [-0.1, -0.05) is 134 Å². The van der Waals surface area contributed by atoms with Gasteiger partial charge in [0.25, 0.3) is 0 Å². The predicted molar refractivity (Wildman–Crippen MR) is 147 cm³/mol. The number of esters is 1. The summed E-state index contributed by atoms with van der Waals surface area (Å²) in [5.41, 5.74) is 3.13. The fourth-order valence-electron chi connectivity index (χ4n) is 4.64. The number of carbonyl (C=O) groups excluding carboxylic acids is 2. The van der Waals surface area contributed by atoms with Crippen molar-refractivity contribution >= 4 is 11.8 Å². The lowest BCUT2D eigenvalue weighted by atomic mass is 9.76. The standard InChI is InChI=1S/C33H31NO3/c1-2-23-37-32(36)25-31(35)30(24-26-15-7-3-8-16-26)34-33(27-17-9-4-10-18-27,28-19-11-5-12-20-28)29-21-13-6-14-22-29/h2-22,30,34H,1,23-25H2/t30-/m0/s1. The summed E-state index contributed by atoms with van der Waals surface area (Å²) in [6, 6.07) is 39.5. The van der Waals surface area contributed by atoms with Crippen molar-refractivity contribution in [2.24, 2.45) is 0 Å². The number of ketones is 1. The monoisotopic (exact) mass is 489 g/mol. The molecule has 0 radical (unpaired) electrons. The maximum atomic E-state index is 13.7. The first-order valence-electron chi connectivity index (χ1n) is 12.4. The number of nitrogens with one attached hydrogen (secondary N) is 1. The van der Waals surface area contributed by atoms with Crippen molar-refractivity contribution in [3.05, 3.63) is 156 Å². The Labute approximate surface area is 218 Å². The molecule has 0 bridgehead atoms. The van der Waals surface area contributed by atoms with E-state index >= 15 is 0 Å². The quantitative estimate of drug-likeness (QED) is 0.117. The maximum Gasteiger partial charge on any atom is 0.313 e. The van der Waals surface area contributed by atoms with Gasteiger partial charge in [-0.15, -0.1) is 0 Å². The summed E-state index contributed by atoms with van der Waals surface area (Å²) >= 11 is 0. The summed E-state index contributed by atoms with van der Waals surface area (Å²) in [5, 5.41) is 3.75. The van der Waals surface area contributed by atoms with Crippen molar-refractivity contribution in [3.8, 4) is 0 Å². The van der Waals surface area contributed by atoms with E-state index in [-0.39, 0.29) is 18.8 Å². The normalized spacial score (nSPS) is 11.9. The third-order valence-corrected chi connectivity index (χ3v) is 6.36. The van der Waals surface area contributed by atoms with E-state index in [1.54, 1.807) is 0 Å².